The average molecular weight is 446 g/mol. The minimum absolute atomic E-state index is 0.0964. The molecular weight excluding hydrogens is 402 g/mol. The van der Waals surface area contributed by atoms with Crippen LogP contribution in [0.25, 0.3) is 0 Å². The number of methoxy groups -OCH3 is 1. The highest BCUT2D eigenvalue weighted by atomic mass is 16.5. The Morgan fingerprint density at radius 3 is 2.53 bits per heavy atom. The molecule has 32 heavy (non-hydrogen) atoms. The molecule has 0 amide bonds. The van der Waals surface area contributed by atoms with E-state index in [-0.39, 0.29) is 22.5 Å². The van der Waals surface area contributed by atoms with Gasteiger partial charge in [0.2, 0.25) is 0 Å². The maximum Gasteiger partial charge on any atom is 0.332 e. The number of carboxylic acid groups (broad SMARTS) is 1. The molecule has 0 aromatic heterocycles. The highest BCUT2D eigenvalue weighted by molar-refractivity contribution is 5.72. The van der Waals surface area contributed by atoms with Crippen molar-refractivity contribution >= 4 is 5.97 Å². The number of rotatable bonds is 2. The first-order chi connectivity index (χ1) is 15.0. The van der Waals surface area contributed by atoms with Crippen molar-refractivity contribution in [3.63, 3.8) is 0 Å². The SMILES string of the molecule is CO[C@H]1CC[C@]23C[C@]24CC[C@]2(C)C5C(C)CC(C(=O)O)OC5C[C@@]2(C)[C@@H]4CCN3C1(C)C. The topological polar surface area (TPSA) is 59.0 Å². The second-order valence-electron chi connectivity index (χ2n) is 13.6. The molecule has 0 radical (unpaired) electrons. The Labute approximate surface area is 193 Å². The van der Waals surface area contributed by atoms with E-state index in [1.807, 2.05) is 7.11 Å². The van der Waals surface area contributed by atoms with Crippen LogP contribution in [0.15, 0.2) is 0 Å². The predicted molar refractivity (Wildman–Crippen MR) is 122 cm³/mol. The summed E-state index contributed by atoms with van der Waals surface area (Å²) in [6.07, 6.45) is 9.23. The lowest BCUT2D eigenvalue weighted by Crippen LogP contribution is -2.68. The second-order valence-corrected chi connectivity index (χ2v) is 13.6. The minimum atomic E-state index is -0.775. The van der Waals surface area contributed by atoms with Gasteiger partial charge in [-0.15, -0.1) is 0 Å². The van der Waals surface area contributed by atoms with Gasteiger partial charge in [0.25, 0.3) is 0 Å². The van der Waals surface area contributed by atoms with Gasteiger partial charge in [0, 0.05) is 18.2 Å². The number of nitrogens with zero attached hydrogens (tertiary/aromatic N) is 1. The summed E-state index contributed by atoms with van der Waals surface area (Å²) in [5.41, 5.74) is 1.39. The largest absolute Gasteiger partial charge is 0.479 e. The molecule has 5 nitrogen and oxygen atoms in total. The fourth-order valence-corrected chi connectivity index (χ4v) is 11.2. The number of piperidine rings is 2. The van der Waals surface area contributed by atoms with E-state index in [9.17, 15) is 9.90 Å². The van der Waals surface area contributed by atoms with Crippen LogP contribution in [0.4, 0.5) is 0 Å². The van der Waals surface area contributed by atoms with Crippen molar-refractivity contribution < 1.29 is 19.4 Å². The fourth-order valence-electron chi connectivity index (χ4n) is 11.2. The van der Waals surface area contributed by atoms with Crippen LogP contribution in [0.3, 0.4) is 0 Å². The van der Waals surface area contributed by atoms with Crippen LogP contribution >= 0.6 is 0 Å². The van der Waals surface area contributed by atoms with Gasteiger partial charge in [-0.2, -0.15) is 0 Å². The molecule has 2 spiro atoms. The van der Waals surface area contributed by atoms with Crippen LogP contribution < -0.4 is 0 Å². The van der Waals surface area contributed by atoms with E-state index in [4.69, 9.17) is 9.47 Å². The monoisotopic (exact) mass is 445 g/mol. The number of hydrogen-bond acceptors (Lipinski definition) is 4. The Bertz CT molecular complexity index is 844. The van der Waals surface area contributed by atoms with E-state index in [1.165, 1.54) is 45.1 Å². The first-order valence-electron chi connectivity index (χ1n) is 13.2. The maximum absolute atomic E-state index is 11.8. The summed E-state index contributed by atoms with van der Waals surface area (Å²) in [6, 6.07) is 0. The molecule has 3 saturated heterocycles. The molecule has 6 fully saturated rings. The van der Waals surface area contributed by atoms with E-state index in [0.717, 1.165) is 12.3 Å². The Kier molecular flexibility index (Phi) is 4.31. The Morgan fingerprint density at radius 1 is 1.09 bits per heavy atom. The Hall–Kier alpha value is -0.650. The van der Waals surface area contributed by atoms with Gasteiger partial charge in [0.05, 0.1) is 12.2 Å². The summed E-state index contributed by atoms with van der Waals surface area (Å²) in [6.45, 7) is 13.4. The second kappa shape index (κ2) is 6.31. The molecule has 6 rings (SSSR count). The van der Waals surface area contributed by atoms with Crippen molar-refractivity contribution in [3.8, 4) is 0 Å². The molecule has 3 aliphatic heterocycles. The van der Waals surface area contributed by atoms with Crippen LogP contribution in [-0.2, 0) is 14.3 Å². The number of fused-ring (bicyclic) bond motifs is 4. The van der Waals surface area contributed by atoms with Gasteiger partial charge in [-0.3, -0.25) is 4.90 Å². The van der Waals surface area contributed by atoms with Gasteiger partial charge in [-0.1, -0.05) is 20.8 Å². The number of carboxylic acids is 1. The zero-order chi connectivity index (χ0) is 22.9. The quantitative estimate of drug-likeness (QED) is 0.666. The first kappa shape index (κ1) is 21.9. The zero-order valence-corrected chi connectivity index (χ0v) is 20.9. The average Bonchev–Trinajstić information content (AvgIpc) is 3.31. The number of hydrogen-bond donors (Lipinski definition) is 1. The van der Waals surface area contributed by atoms with Crippen LogP contribution in [0.5, 0.6) is 0 Å². The molecule has 3 saturated carbocycles. The lowest BCUT2D eigenvalue weighted by molar-refractivity contribution is -0.181. The van der Waals surface area contributed by atoms with Gasteiger partial charge >= 0.3 is 5.97 Å². The molecular formula is C27H43NO4. The van der Waals surface area contributed by atoms with Crippen molar-refractivity contribution in [2.45, 2.75) is 115 Å². The van der Waals surface area contributed by atoms with Crippen LogP contribution in [0.2, 0.25) is 0 Å². The normalized spacial score (nSPS) is 58.1. The third-order valence-electron chi connectivity index (χ3n) is 12.6. The summed E-state index contributed by atoms with van der Waals surface area (Å²) >= 11 is 0. The third kappa shape index (κ3) is 2.25. The van der Waals surface area contributed by atoms with Gasteiger partial charge in [-0.25, -0.2) is 4.79 Å². The molecule has 3 heterocycles. The highest BCUT2D eigenvalue weighted by Gasteiger charge is 2.83. The van der Waals surface area contributed by atoms with Gasteiger partial charge in [0.15, 0.2) is 6.10 Å². The van der Waals surface area contributed by atoms with Crippen molar-refractivity contribution in [2.24, 2.45) is 34.0 Å². The van der Waals surface area contributed by atoms with E-state index in [2.05, 4.69) is 39.5 Å². The Balaban J connectivity index is 1.36. The van der Waals surface area contributed by atoms with Gasteiger partial charge in [-0.05, 0) is 106 Å². The summed E-state index contributed by atoms with van der Waals surface area (Å²) in [4.78, 5) is 14.7. The molecule has 0 aromatic carbocycles. The minimum Gasteiger partial charge on any atom is -0.479 e. The molecule has 0 aromatic rings. The highest BCUT2D eigenvalue weighted by Crippen LogP contribution is 2.83. The van der Waals surface area contributed by atoms with E-state index in [0.29, 0.717) is 35.3 Å². The fraction of sp³-hybridized carbons (Fsp3) is 0.963. The standard InChI is InChI=1S/C27H43NO4/c1-16-13-17(22(29)30)32-18-14-25(5)19-8-12-28-23(2,3)20(31-6)7-9-27(28)15-26(19,27)11-10-24(25,4)21(16)18/h16-21H,7-15H2,1-6H3,(H,29,30)/t16?,17?,18?,19-,20-,21?,24+,25-,26-,27-/m0/s1. The van der Waals surface area contributed by atoms with E-state index in [1.54, 1.807) is 0 Å². The van der Waals surface area contributed by atoms with Gasteiger partial charge in [0.1, 0.15) is 0 Å². The molecule has 4 unspecified atom stereocenters. The maximum atomic E-state index is 11.8. The van der Waals surface area contributed by atoms with Gasteiger partial charge < -0.3 is 14.6 Å². The zero-order valence-electron chi connectivity index (χ0n) is 20.9. The number of carbonyl (C=O) groups is 1. The van der Waals surface area contributed by atoms with Crippen LogP contribution in [0.1, 0.15) is 86.0 Å². The lowest BCUT2D eigenvalue weighted by Gasteiger charge is -2.64. The number of ether oxygens (including phenoxy) is 2. The Morgan fingerprint density at radius 2 is 1.84 bits per heavy atom. The summed E-state index contributed by atoms with van der Waals surface area (Å²) in [7, 11) is 1.89. The molecule has 5 heteroatoms. The first-order valence-corrected chi connectivity index (χ1v) is 13.2. The van der Waals surface area contributed by atoms with Crippen molar-refractivity contribution in [2.75, 3.05) is 13.7 Å². The molecule has 0 bridgehead atoms. The molecule has 3 aliphatic carbocycles. The molecule has 10 atom stereocenters. The van der Waals surface area contributed by atoms with Crippen molar-refractivity contribution in [3.05, 3.63) is 0 Å². The molecule has 180 valence electrons. The molecule has 6 aliphatic rings. The summed E-state index contributed by atoms with van der Waals surface area (Å²) < 4.78 is 12.3. The number of aliphatic carboxylic acids is 1. The summed E-state index contributed by atoms with van der Waals surface area (Å²) in [5.74, 6) is 0.863. The third-order valence-corrected chi connectivity index (χ3v) is 12.6. The van der Waals surface area contributed by atoms with Crippen LogP contribution in [-0.4, -0.2) is 59.0 Å². The summed E-state index contributed by atoms with van der Waals surface area (Å²) in [5, 5.41) is 9.68. The van der Waals surface area contributed by atoms with E-state index < -0.39 is 12.1 Å². The molecule has 1 N–H and O–H groups in total. The lowest BCUT2D eigenvalue weighted by atomic mass is 9.45. The van der Waals surface area contributed by atoms with Crippen LogP contribution in [0, 0.1) is 34.0 Å². The predicted octanol–water partition coefficient (Wildman–Crippen LogP) is 4.73. The van der Waals surface area contributed by atoms with Crippen molar-refractivity contribution in [1.29, 1.82) is 0 Å². The smallest absolute Gasteiger partial charge is 0.332 e. The van der Waals surface area contributed by atoms with Crippen molar-refractivity contribution in [1.82, 2.24) is 4.90 Å². The van der Waals surface area contributed by atoms with E-state index >= 15 is 0 Å².